The lowest BCUT2D eigenvalue weighted by atomic mass is 10.1. The van der Waals surface area contributed by atoms with E-state index in [4.69, 9.17) is 5.73 Å². The van der Waals surface area contributed by atoms with Crippen molar-refractivity contribution in [3.8, 4) is 0 Å². The van der Waals surface area contributed by atoms with Gasteiger partial charge in [-0.25, -0.2) is 8.78 Å². The summed E-state index contributed by atoms with van der Waals surface area (Å²) < 4.78 is 26.4. The first-order valence-electron chi connectivity index (χ1n) is 6.03. The maximum Gasteiger partial charge on any atom is 0.151 e. The van der Waals surface area contributed by atoms with Gasteiger partial charge in [-0.2, -0.15) is 0 Å². The summed E-state index contributed by atoms with van der Waals surface area (Å²) >= 11 is 0. The maximum absolute atomic E-state index is 13.3. The number of benzene rings is 1. The van der Waals surface area contributed by atoms with Gasteiger partial charge in [0.2, 0.25) is 0 Å². The Bertz CT molecular complexity index is 585. The van der Waals surface area contributed by atoms with Crippen LogP contribution in [0.3, 0.4) is 0 Å². The van der Waals surface area contributed by atoms with Crippen LogP contribution >= 0.6 is 0 Å². The van der Waals surface area contributed by atoms with Gasteiger partial charge in [0, 0.05) is 12.3 Å². The van der Waals surface area contributed by atoms with E-state index in [1.807, 2.05) is 19.1 Å². The highest BCUT2D eigenvalue weighted by molar-refractivity contribution is 5.66. The molecule has 1 heterocycles. The molecule has 0 atom stereocenters. The standard InChI is InChI=1S/C14H15F2N3/c1-2-9-4-3-5-18-13(9)8-19-12-7-10(15)6-11(16)14(12)17/h3-7,19H,2,8,17H2,1H3. The Morgan fingerprint density at radius 3 is 2.84 bits per heavy atom. The number of aryl methyl sites for hydroxylation is 1. The van der Waals surface area contributed by atoms with Crippen molar-refractivity contribution in [3.05, 3.63) is 53.4 Å². The Morgan fingerprint density at radius 2 is 2.11 bits per heavy atom. The molecule has 5 heteroatoms. The van der Waals surface area contributed by atoms with Crippen LogP contribution in [0.2, 0.25) is 0 Å². The normalized spacial score (nSPS) is 10.5. The molecule has 3 N–H and O–H groups in total. The number of hydrogen-bond acceptors (Lipinski definition) is 3. The minimum absolute atomic E-state index is 0.0876. The summed E-state index contributed by atoms with van der Waals surface area (Å²) in [6.07, 6.45) is 2.53. The van der Waals surface area contributed by atoms with Gasteiger partial charge in [0.05, 0.1) is 23.6 Å². The number of halogens is 2. The second-order valence-electron chi connectivity index (χ2n) is 4.17. The highest BCUT2D eigenvalue weighted by Crippen LogP contribution is 2.24. The van der Waals surface area contributed by atoms with Crippen molar-refractivity contribution in [2.75, 3.05) is 11.1 Å². The average Bonchev–Trinajstić information content (AvgIpc) is 2.41. The first-order valence-corrected chi connectivity index (χ1v) is 6.03. The fourth-order valence-electron chi connectivity index (χ4n) is 1.86. The second kappa shape index (κ2) is 5.65. The largest absolute Gasteiger partial charge is 0.395 e. The van der Waals surface area contributed by atoms with E-state index in [0.717, 1.165) is 23.7 Å². The van der Waals surface area contributed by atoms with Crippen molar-refractivity contribution >= 4 is 11.4 Å². The number of nitrogen functional groups attached to an aromatic ring is 1. The van der Waals surface area contributed by atoms with E-state index < -0.39 is 11.6 Å². The summed E-state index contributed by atoms with van der Waals surface area (Å²) in [5, 5.41) is 2.92. The molecule has 0 saturated heterocycles. The van der Waals surface area contributed by atoms with Crippen LogP contribution in [-0.2, 0) is 13.0 Å². The molecule has 0 amide bonds. The number of nitrogens with two attached hydrogens (primary N) is 1. The Labute approximate surface area is 110 Å². The molecule has 2 rings (SSSR count). The monoisotopic (exact) mass is 263 g/mol. The fraction of sp³-hybridized carbons (Fsp3) is 0.214. The molecule has 0 aliphatic carbocycles. The third kappa shape index (κ3) is 2.99. The topological polar surface area (TPSA) is 50.9 Å². The van der Waals surface area contributed by atoms with Crippen LogP contribution in [0, 0.1) is 11.6 Å². The van der Waals surface area contributed by atoms with Crippen LogP contribution in [0.4, 0.5) is 20.2 Å². The Hall–Kier alpha value is -2.17. The van der Waals surface area contributed by atoms with Crippen molar-refractivity contribution in [2.45, 2.75) is 19.9 Å². The van der Waals surface area contributed by atoms with E-state index in [2.05, 4.69) is 10.3 Å². The van der Waals surface area contributed by atoms with Gasteiger partial charge in [0.25, 0.3) is 0 Å². The summed E-state index contributed by atoms with van der Waals surface area (Å²) in [6, 6.07) is 5.77. The predicted molar refractivity (Wildman–Crippen MR) is 71.7 cm³/mol. The van der Waals surface area contributed by atoms with Gasteiger partial charge in [-0.1, -0.05) is 13.0 Å². The van der Waals surface area contributed by atoms with Crippen LogP contribution < -0.4 is 11.1 Å². The van der Waals surface area contributed by atoms with Crippen molar-refractivity contribution in [1.82, 2.24) is 4.98 Å². The SMILES string of the molecule is CCc1cccnc1CNc1cc(F)cc(F)c1N. The van der Waals surface area contributed by atoms with Crippen molar-refractivity contribution < 1.29 is 8.78 Å². The zero-order valence-corrected chi connectivity index (χ0v) is 10.6. The average molecular weight is 263 g/mol. The van der Waals surface area contributed by atoms with Crippen molar-refractivity contribution in [2.24, 2.45) is 0 Å². The Kier molecular flexibility index (Phi) is 3.94. The molecule has 0 spiro atoms. The van der Waals surface area contributed by atoms with E-state index in [0.29, 0.717) is 6.54 Å². The first kappa shape index (κ1) is 13.3. The van der Waals surface area contributed by atoms with Gasteiger partial charge in [-0.3, -0.25) is 4.98 Å². The van der Waals surface area contributed by atoms with E-state index in [1.54, 1.807) is 6.20 Å². The Morgan fingerprint density at radius 1 is 1.32 bits per heavy atom. The molecule has 0 aliphatic heterocycles. The van der Waals surface area contributed by atoms with Gasteiger partial charge in [-0.05, 0) is 24.1 Å². The molecule has 19 heavy (non-hydrogen) atoms. The molecular formula is C14H15F2N3. The van der Waals surface area contributed by atoms with E-state index >= 15 is 0 Å². The van der Waals surface area contributed by atoms with Gasteiger partial charge in [-0.15, -0.1) is 0 Å². The minimum Gasteiger partial charge on any atom is -0.395 e. The third-order valence-corrected chi connectivity index (χ3v) is 2.91. The van der Waals surface area contributed by atoms with Crippen molar-refractivity contribution in [3.63, 3.8) is 0 Å². The zero-order chi connectivity index (χ0) is 13.8. The highest BCUT2D eigenvalue weighted by atomic mass is 19.1. The molecule has 0 saturated carbocycles. The van der Waals surface area contributed by atoms with Crippen LogP contribution in [0.15, 0.2) is 30.5 Å². The lowest BCUT2D eigenvalue weighted by Crippen LogP contribution is -2.08. The van der Waals surface area contributed by atoms with E-state index in [-0.39, 0.29) is 11.4 Å². The molecule has 0 aliphatic rings. The van der Waals surface area contributed by atoms with Gasteiger partial charge >= 0.3 is 0 Å². The number of aromatic nitrogens is 1. The summed E-state index contributed by atoms with van der Waals surface area (Å²) in [4.78, 5) is 4.25. The highest BCUT2D eigenvalue weighted by Gasteiger charge is 2.09. The molecule has 100 valence electrons. The van der Waals surface area contributed by atoms with E-state index in [9.17, 15) is 8.78 Å². The minimum atomic E-state index is -0.765. The van der Waals surface area contributed by atoms with Crippen molar-refractivity contribution in [1.29, 1.82) is 0 Å². The quantitative estimate of drug-likeness (QED) is 0.833. The molecule has 0 unspecified atom stereocenters. The lowest BCUT2D eigenvalue weighted by molar-refractivity contribution is 0.587. The predicted octanol–water partition coefficient (Wildman–Crippen LogP) is 3.12. The Balaban J connectivity index is 2.19. The number of nitrogens with one attached hydrogen (secondary N) is 1. The molecular weight excluding hydrogens is 248 g/mol. The third-order valence-electron chi connectivity index (χ3n) is 2.91. The summed E-state index contributed by atoms with van der Waals surface area (Å²) in [5.41, 5.74) is 7.65. The van der Waals surface area contributed by atoms with Gasteiger partial charge < -0.3 is 11.1 Å². The maximum atomic E-state index is 13.3. The summed E-state index contributed by atoms with van der Waals surface area (Å²) in [5.74, 6) is -1.43. The van der Waals surface area contributed by atoms with E-state index in [1.165, 1.54) is 6.07 Å². The molecule has 1 aromatic heterocycles. The van der Waals surface area contributed by atoms with Crippen LogP contribution in [0.1, 0.15) is 18.2 Å². The number of rotatable bonds is 4. The molecule has 1 aromatic carbocycles. The van der Waals surface area contributed by atoms with Crippen LogP contribution in [-0.4, -0.2) is 4.98 Å². The molecule has 0 fully saturated rings. The molecule has 0 radical (unpaired) electrons. The van der Waals surface area contributed by atoms with Gasteiger partial charge in [0.1, 0.15) is 5.82 Å². The van der Waals surface area contributed by atoms with Crippen LogP contribution in [0.25, 0.3) is 0 Å². The fourth-order valence-corrected chi connectivity index (χ4v) is 1.86. The zero-order valence-electron chi connectivity index (χ0n) is 10.6. The summed E-state index contributed by atoms with van der Waals surface area (Å²) in [7, 11) is 0. The second-order valence-corrected chi connectivity index (χ2v) is 4.17. The molecule has 0 bridgehead atoms. The lowest BCUT2D eigenvalue weighted by Gasteiger charge is -2.11. The number of nitrogens with zero attached hydrogens (tertiary/aromatic N) is 1. The first-order chi connectivity index (χ1) is 9.11. The van der Waals surface area contributed by atoms with Crippen LogP contribution in [0.5, 0.6) is 0 Å². The number of pyridine rings is 1. The van der Waals surface area contributed by atoms with Gasteiger partial charge in [0.15, 0.2) is 5.82 Å². The number of anilines is 2. The summed E-state index contributed by atoms with van der Waals surface area (Å²) in [6.45, 7) is 2.40. The smallest absolute Gasteiger partial charge is 0.151 e. The molecule has 2 aromatic rings. The molecule has 3 nitrogen and oxygen atoms in total. The number of hydrogen-bond donors (Lipinski definition) is 2.